The van der Waals surface area contributed by atoms with E-state index < -0.39 is 0 Å². The fraction of sp³-hybridized carbons (Fsp3) is 0.615. The molecule has 0 aliphatic carbocycles. The standard InChI is InChI=1S/C13H21N3.ClH/c1-2-8-16-13(5-1)6-9-15-11-12-4-3-7-14-10-12;/h1-2,5,8,12,14-15H,3-4,6-7,9-11H2;1H. The minimum Gasteiger partial charge on any atom is -0.316 e. The molecule has 1 saturated heterocycles. The van der Waals surface area contributed by atoms with Crippen molar-refractivity contribution in [2.75, 3.05) is 26.2 Å². The molecule has 1 aliphatic rings. The van der Waals surface area contributed by atoms with Gasteiger partial charge in [-0.2, -0.15) is 0 Å². The summed E-state index contributed by atoms with van der Waals surface area (Å²) in [4.78, 5) is 4.31. The number of pyridine rings is 1. The van der Waals surface area contributed by atoms with E-state index in [4.69, 9.17) is 0 Å². The Bertz CT molecular complexity index is 286. The van der Waals surface area contributed by atoms with Crippen molar-refractivity contribution in [3.63, 3.8) is 0 Å². The van der Waals surface area contributed by atoms with Gasteiger partial charge >= 0.3 is 0 Å². The Morgan fingerprint density at radius 3 is 3.06 bits per heavy atom. The summed E-state index contributed by atoms with van der Waals surface area (Å²) < 4.78 is 0. The number of piperidine rings is 1. The van der Waals surface area contributed by atoms with Gasteiger partial charge in [-0.1, -0.05) is 6.07 Å². The van der Waals surface area contributed by atoms with Crippen LogP contribution in [0.5, 0.6) is 0 Å². The highest BCUT2D eigenvalue weighted by atomic mass is 35.5. The second-order valence-electron chi connectivity index (χ2n) is 4.49. The first kappa shape index (κ1) is 14.4. The third kappa shape index (κ3) is 5.48. The highest BCUT2D eigenvalue weighted by molar-refractivity contribution is 5.85. The van der Waals surface area contributed by atoms with E-state index in [1.807, 2.05) is 18.3 Å². The summed E-state index contributed by atoms with van der Waals surface area (Å²) in [5.41, 5.74) is 1.18. The van der Waals surface area contributed by atoms with Crippen LogP contribution < -0.4 is 10.6 Å². The zero-order valence-corrected chi connectivity index (χ0v) is 11.0. The first-order chi connectivity index (χ1) is 7.95. The number of nitrogens with zero attached hydrogens (tertiary/aromatic N) is 1. The van der Waals surface area contributed by atoms with Crippen LogP contribution in [0.25, 0.3) is 0 Å². The number of rotatable bonds is 5. The minimum absolute atomic E-state index is 0. The number of halogens is 1. The fourth-order valence-electron chi connectivity index (χ4n) is 2.17. The Balaban J connectivity index is 0.00000144. The molecule has 0 bridgehead atoms. The SMILES string of the molecule is Cl.c1ccc(CCNCC2CCCNC2)nc1. The number of hydrogen-bond donors (Lipinski definition) is 2. The summed E-state index contributed by atoms with van der Waals surface area (Å²) >= 11 is 0. The van der Waals surface area contributed by atoms with Crippen molar-refractivity contribution in [1.29, 1.82) is 0 Å². The lowest BCUT2D eigenvalue weighted by Gasteiger charge is -2.22. The van der Waals surface area contributed by atoms with E-state index in [9.17, 15) is 0 Å². The largest absolute Gasteiger partial charge is 0.316 e. The van der Waals surface area contributed by atoms with Gasteiger partial charge in [-0.25, -0.2) is 0 Å². The van der Waals surface area contributed by atoms with Gasteiger partial charge in [0.25, 0.3) is 0 Å². The van der Waals surface area contributed by atoms with Gasteiger partial charge in [-0.15, -0.1) is 12.4 Å². The van der Waals surface area contributed by atoms with Crippen molar-refractivity contribution in [2.24, 2.45) is 5.92 Å². The molecule has 1 atom stereocenters. The molecule has 2 rings (SSSR count). The molecule has 3 nitrogen and oxygen atoms in total. The van der Waals surface area contributed by atoms with Crippen LogP contribution >= 0.6 is 12.4 Å². The van der Waals surface area contributed by atoms with Crippen LogP contribution in [-0.2, 0) is 6.42 Å². The van der Waals surface area contributed by atoms with Crippen molar-refractivity contribution in [3.05, 3.63) is 30.1 Å². The normalized spacial score (nSPS) is 19.6. The maximum Gasteiger partial charge on any atom is 0.0416 e. The molecule has 4 heteroatoms. The Labute approximate surface area is 110 Å². The van der Waals surface area contributed by atoms with Crippen molar-refractivity contribution in [2.45, 2.75) is 19.3 Å². The van der Waals surface area contributed by atoms with Crippen LogP contribution in [0.1, 0.15) is 18.5 Å². The number of nitrogens with one attached hydrogen (secondary N) is 2. The van der Waals surface area contributed by atoms with E-state index >= 15 is 0 Å². The topological polar surface area (TPSA) is 37.0 Å². The molecule has 0 spiro atoms. The van der Waals surface area contributed by atoms with Gasteiger partial charge in [0.15, 0.2) is 0 Å². The Morgan fingerprint density at radius 2 is 2.35 bits per heavy atom. The van der Waals surface area contributed by atoms with Crippen LogP contribution in [0.2, 0.25) is 0 Å². The van der Waals surface area contributed by atoms with E-state index in [-0.39, 0.29) is 12.4 Å². The molecule has 1 fully saturated rings. The van der Waals surface area contributed by atoms with Crippen LogP contribution in [0, 0.1) is 5.92 Å². The molecule has 2 heterocycles. The maximum absolute atomic E-state index is 4.31. The predicted molar refractivity (Wildman–Crippen MR) is 73.7 cm³/mol. The van der Waals surface area contributed by atoms with Gasteiger partial charge in [0.1, 0.15) is 0 Å². The molecule has 2 N–H and O–H groups in total. The van der Waals surface area contributed by atoms with Crippen LogP contribution in [0.4, 0.5) is 0 Å². The second-order valence-corrected chi connectivity index (χ2v) is 4.49. The molecule has 1 aromatic rings. The summed E-state index contributed by atoms with van der Waals surface area (Å²) in [6, 6.07) is 6.10. The average molecular weight is 256 g/mol. The monoisotopic (exact) mass is 255 g/mol. The molecular weight excluding hydrogens is 234 g/mol. The summed E-state index contributed by atoms with van der Waals surface area (Å²) in [5, 5.41) is 6.96. The van der Waals surface area contributed by atoms with E-state index in [2.05, 4.69) is 21.7 Å². The van der Waals surface area contributed by atoms with Gasteiger partial charge in [-0.05, 0) is 50.5 Å². The Hall–Kier alpha value is -0.640. The van der Waals surface area contributed by atoms with Gasteiger partial charge in [0.2, 0.25) is 0 Å². The molecule has 1 aliphatic heterocycles. The van der Waals surface area contributed by atoms with Gasteiger partial charge in [0, 0.05) is 24.9 Å². The van der Waals surface area contributed by atoms with E-state index in [1.165, 1.54) is 31.6 Å². The van der Waals surface area contributed by atoms with Gasteiger partial charge < -0.3 is 10.6 Å². The molecule has 0 amide bonds. The first-order valence-electron chi connectivity index (χ1n) is 6.26. The smallest absolute Gasteiger partial charge is 0.0416 e. The number of hydrogen-bond acceptors (Lipinski definition) is 3. The van der Waals surface area contributed by atoms with Crippen LogP contribution in [0.15, 0.2) is 24.4 Å². The Kier molecular flexibility index (Phi) is 7.17. The molecular formula is C13H22ClN3. The summed E-state index contributed by atoms with van der Waals surface area (Å²) in [6.07, 6.45) is 5.58. The quantitative estimate of drug-likeness (QED) is 0.786. The lowest BCUT2D eigenvalue weighted by atomic mass is 10.00. The van der Waals surface area contributed by atoms with Crippen molar-refractivity contribution in [3.8, 4) is 0 Å². The van der Waals surface area contributed by atoms with E-state index in [0.29, 0.717) is 0 Å². The molecule has 0 aromatic carbocycles. The molecule has 1 unspecified atom stereocenters. The lowest BCUT2D eigenvalue weighted by molar-refractivity contribution is 0.361. The zero-order chi connectivity index (χ0) is 11.1. The molecule has 17 heavy (non-hydrogen) atoms. The van der Waals surface area contributed by atoms with E-state index in [1.54, 1.807) is 0 Å². The summed E-state index contributed by atoms with van der Waals surface area (Å²) in [6.45, 7) is 4.55. The van der Waals surface area contributed by atoms with E-state index in [0.717, 1.165) is 25.4 Å². The van der Waals surface area contributed by atoms with Gasteiger partial charge in [-0.3, -0.25) is 4.98 Å². The van der Waals surface area contributed by atoms with Gasteiger partial charge in [0.05, 0.1) is 0 Å². The third-order valence-electron chi connectivity index (χ3n) is 3.12. The van der Waals surface area contributed by atoms with Crippen molar-refractivity contribution in [1.82, 2.24) is 15.6 Å². The van der Waals surface area contributed by atoms with Crippen LogP contribution in [0.3, 0.4) is 0 Å². The highest BCUT2D eigenvalue weighted by Crippen LogP contribution is 2.07. The van der Waals surface area contributed by atoms with Crippen LogP contribution in [-0.4, -0.2) is 31.2 Å². The lowest BCUT2D eigenvalue weighted by Crippen LogP contribution is -2.36. The molecule has 1 aromatic heterocycles. The zero-order valence-electron chi connectivity index (χ0n) is 10.2. The Morgan fingerprint density at radius 1 is 1.41 bits per heavy atom. The van der Waals surface area contributed by atoms with Crippen molar-refractivity contribution >= 4 is 12.4 Å². The second kappa shape index (κ2) is 8.45. The summed E-state index contributed by atoms with van der Waals surface area (Å²) in [7, 11) is 0. The maximum atomic E-state index is 4.31. The number of aromatic nitrogens is 1. The predicted octanol–water partition coefficient (Wildman–Crippen LogP) is 1.64. The highest BCUT2D eigenvalue weighted by Gasteiger charge is 2.11. The first-order valence-corrected chi connectivity index (χ1v) is 6.26. The molecule has 96 valence electrons. The average Bonchev–Trinajstić information content (AvgIpc) is 2.37. The molecule has 0 radical (unpaired) electrons. The summed E-state index contributed by atoms with van der Waals surface area (Å²) in [5.74, 6) is 0.817. The minimum atomic E-state index is 0. The van der Waals surface area contributed by atoms with Crippen molar-refractivity contribution < 1.29 is 0 Å². The molecule has 0 saturated carbocycles. The fourth-order valence-corrected chi connectivity index (χ4v) is 2.17. The third-order valence-corrected chi connectivity index (χ3v) is 3.12.